The van der Waals surface area contributed by atoms with Gasteiger partial charge in [-0.25, -0.2) is 0 Å². The number of piperidine rings is 2. The molecule has 6 nitrogen and oxygen atoms in total. The van der Waals surface area contributed by atoms with E-state index in [-0.39, 0.29) is 11.9 Å². The number of benzene rings is 1. The highest BCUT2D eigenvalue weighted by Gasteiger charge is 2.36. The zero-order valence-corrected chi connectivity index (χ0v) is 16.4. The van der Waals surface area contributed by atoms with Gasteiger partial charge < -0.3 is 15.0 Å². The molecule has 5 rings (SSSR count). The SMILES string of the molecule is CN1C2CCCC1CC(NC(=O)c1n[nH]c3ccc(C4=CCOCC4)cc13)C2. The molecule has 2 bridgehead atoms. The largest absolute Gasteiger partial charge is 0.377 e. The summed E-state index contributed by atoms with van der Waals surface area (Å²) in [7, 11) is 2.24. The van der Waals surface area contributed by atoms with Crippen molar-refractivity contribution in [3.05, 3.63) is 35.5 Å². The van der Waals surface area contributed by atoms with Crippen LogP contribution < -0.4 is 5.32 Å². The molecule has 6 heteroatoms. The molecule has 2 fully saturated rings. The van der Waals surface area contributed by atoms with E-state index in [0.717, 1.165) is 42.3 Å². The number of aromatic nitrogens is 2. The van der Waals surface area contributed by atoms with E-state index in [1.54, 1.807) is 0 Å². The van der Waals surface area contributed by atoms with Gasteiger partial charge in [-0.1, -0.05) is 18.6 Å². The minimum absolute atomic E-state index is 0.0583. The Morgan fingerprint density at radius 1 is 1.29 bits per heavy atom. The first-order chi connectivity index (χ1) is 13.7. The van der Waals surface area contributed by atoms with E-state index >= 15 is 0 Å². The lowest BCUT2D eigenvalue weighted by molar-refractivity contribution is 0.0462. The minimum Gasteiger partial charge on any atom is -0.377 e. The Hall–Kier alpha value is -2.18. The maximum Gasteiger partial charge on any atom is 0.272 e. The molecule has 2 aromatic rings. The van der Waals surface area contributed by atoms with E-state index in [4.69, 9.17) is 4.74 Å². The van der Waals surface area contributed by atoms with Crippen LogP contribution in [0.3, 0.4) is 0 Å². The first-order valence-corrected chi connectivity index (χ1v) is 10.5. The summed E-state index contributed by atoms with van der Waals surface area (Å²) >= 11 is 0. The van der Waals surface area contributed by atoms with Gasteiger partial charge in [-0.05, 0) is 62.4 Å². The minimum atomic E-state index is -0.0583. The summed E-state index contributed by atoms with van der Waals surface area (Å²) in [5, 5.41) is 11.5. The van der Waals surface area contributed by atoms with Crippen molar-refractivity contribution in [1.82, 2.24) is 20.4 Å². The number of carbonyl (C=O) groups is 1. The number of aromatic amines is 1. The van der Waals surface area contributed by atoms with Crippen molar-refractivity contribution in [2.45, 2.75) is 56.7 Å². The first kappa shape index (κ1) is 17.9. The Labute approximate surface area is 165 Å². The summed E-state index contributed by atoms with van der Waals surface area (Å²) in [6.45, 7) is 1.41. The van der Waals surface area contributed by atoms with Crippen molar-refractivity contribution in [3.8, 4) is 0 Å². The van der Waals surface area contributed by atoms with E-state index in [9.17, 15) is 4.79 Å². The second-order valence-electron chi connectivity index (χ2n) is 8.43. The van der Waals surface area contributed by atoms with Gasteiger partial charge in [0.15, 0.2) is 5.69 Å². The maximum absolute atomic E-state index is 13.0. The smallest absolute Gasteiger partial charge is 0.272 e. The quantitative estimate of drug-likeness (QED) is 0.858. The van der Waals surface area contributed by atoms with E-state index in [1.807, 2.05) is 6.07 Å². The van der Waals surface area contributed by atoms with Crippen molar-refractivity contribution in [2.75, 3.05) is 20.3 Å². The number of rotatable bonds is 3. The second-order valence-corrected chi connectivity index (χ2v) is 8.43. The number of nitrogens with zero attached hydrogens (tertiary/aromatic N) is 2. The molecule has 2 unspecified atom stereocenters. The van der Waals surface area contributed by atoms with E-state index in [1.165, 1.54) is 24.8 Å². The van der Waals surface area contributed by atoms with E-state index < -0.39 is 0 Å². The molecular weight excluding hydrogens is 352 g/mol. The second kappa shape index (κ2) is 7.33. The molecule has 148 valence electrons. The predicted octanol–water partition coefficient (Wildman–Crippen LogP) is 3.11. The maximum atomic E-state index is 13.0. The van der Waals surface area contributed by atoms with Gasteiger partial charge in [-0.3, -0.25) is 9.89 Å². The Morgan fingerprint density at radius 2 is 2.11 bits per heavy atom. The molecule has 1 aromatic heterocycles. The van der Waals surface area contributed by atoms with Crippen LogP contribution in [-0.2, 0) is 4.74 Å². The monoisotopic (exact) mass is 380 g/mol. The van der Waals surface area contributed by atoms with Gasteiger partial charge in [0.2, 0.25) is 0 Å². The Morgan fingerprint density at radius 3 is 2.86 bits per heavy atom. The molecule has 0 radical (unpaired) electrons. The van der Waals surface area contributed by atoms with Crippen LogP contribution in [0.5, 0.6) is 0 Å². The average molecular weight is 380 g/mol. The molecule has 0 spiro atoms. The normalized spacial score (nSPS) is 28.2. The number of hydrogen-bond donors (Lipinski definition) is 2. The lowest BCUT2D eigenvalue weighted by atomic mass is 9.82. The van der Waals surface area contributed by atoms with Crippen LogP contribution in [0, 0.1) is 0 Å². The van der Waals surface area contributed by atoms with Gasteiger partial charge in [0.05, 0.1) is 18.7 Å². The fourth-order valence-corrected chi connectivity index (χ4v) is 5.16. The van der Waals surface area contributed by atoms with Crippen LogP contribution in [0.15, 0.2) is 24.3 Å². The molecule has 1 amide bonds. The summed E-state index contributed by atoms with van der Waals surface area (Å²) in [4.78, 5) is 15.6. The van der Waals surface area contributed by atoms with Crippen molar-refractivity contribution in [2.24, 2.45) is 0 Å². The van der Waals surface area contributed by atoms with Crippen LogP contribution in [0.25, 0.3) is 16.5 Å². The average Bonchev–Trinajstić information content (AvgIpc) is 3.13. The third kappa shape index (κ3) is 3.25. The van der Waals surface area contributed by atoms with Gasteiger partial charge in [-0.15, -0.1) is 0 Å². The van der Waals surface area contributed by atoms with Gasteiger partial charge in [0.25, 0.3) is 5.91 Å². The fraction of sp³-hybridized carbons (Fsp3) is 0.545. The highest BCUT2D eigenvalue weighted by atomic mass is 16.5. The van der Waals surface area contributed by atoms with Crippen LogP contribution in [0.4, 0.5) is 0 Å². The Balaban J connectivity index is 1.36. The number of nitrogens with one attached hydrogen (secondary N) is 2. The molecule has 0 saturated carbocycles. The van der Waals surface area contributed by atoms with Gasteiger partial charge >= 0.3 is 0 Å². The highest BCUT2D eigenvalue weighted by Crippen LogP contribution is 2.33. The molecule has 4 heterocycles. The van der Waals surface area contributed by atoms with Crippen LogP contribution in [0.2, 0.25) is 0 Å². The van der Waals surface area contributed by atoms with Crippen LogP contribution in [-0.4, -0.2) is 59.4 Å². The van der Waals surface area contributed by atoms with E-state index in [0.29, 0.717) is 24.4 Å². The number of amides is 1. The Kier molecular flexibility index (Phi) is 4.69. The summed E-state index contributed by atoms with van der Waals surface area (Å²) < 4.78 is 5.42. The van der Waals surface area contributed by atoms with Crippen LogP contribution in [0.1, 0.15) is 54.6 Å². The molecule has 2 N–H and O–H groups in total. The van der Waals surface area contributed by atoms with Crippen molar-refractivity contribution < 1.29 is 9.53 Å². The lowest BCUT2D eigenvalue weighted by Gasteiger charge is -2.47. The van der Waals surface area contributed by atoms with Crippen molar-refractivity contribution >= 4 is 22.4 Å². The molecule has 1 aromatic carbocycles. The summed E-state index contributed by atoms with van der Waals surface area (Å²) in [6.07, 6.45) is 8.91. The number of hydrogen-bond acceptors (Lipinski definition) is 4. The van der Waals surface area contributed by atoms with Gasteiger partial charge in [0, 0.05) is 23.5 Å². The topological polar surface area (TPSA) is 70.2 Å². The van der Waals surface area contributed by atoms with Crippen molar-refractivity contribution in [3.63, 3.8) is 0 Å². The third-order valence-corrected chi connectivity index (χ3v) is 6.79. The summed E-state index contributed by atoms with van der Waals surface area (Å²) in [6, 6.07) is 7.64. The van der Waals surface area contributed by atoms with Gasteiger partial charge in [0.1, 0.15) is 0 Å². The highest BCUT2D eigenvalue weighted by molar-refractivity contribution is 6.05. The Bertz CT molecular complexity index is 904. The zero-order chi connectivity index (χ0) is 19.1. The molecule has 2 saturated heterocycles. The molecule has 3 aliphatic rings. The first-order valence-electron chi connectivity index (χ1n) is 10.5. The molecule has 28 heavy (non-hydrogen) atoms. The van der Waals surface area contributed by atoms with Crippen LogP contribution >= 0.6 is 0 Å². The number of fused-ring (bicyclic) bond motifs is 3. The van der Waals surface area contributed by atoms with E-state index in [2.05, 4.69) is 45.7 Å². The molecular formula is C22H28N4O2. The third-order valence-electron chi connectivity index (χ3n) is 6.79. The van der Waals surface area contributed by atoms with Gasteiger partial charge in [-0.2, -0.15) is 5.10 Å². The summed E-state index contributed by atoms with van der Waals surface area (Å²) in [5.41, 5.74) is 3.85. The lowest BCUT2D eigenvalue weighted by Crippen LogP contribution is -2.55. The molecule has 2 atom stereocenters. The predicted molar refractivity (Wildman–Crippen MR) is 109 cm³/mol. The fourth-order valence-electron chi connectivity index (χ4n) is 5.16. The molecule has 0 aliphatic carbocycles. The zero-order valence-electron chi connectivity index (χ0n) is 16.4. The summed E-state index contributed by atoms with van der Waals surface area (Å²) in [5.74, 6) is -0.0583. The van der Waals surface area contributed by atoms with Crippen molar-refractivity contribution in [1.29, 1.82) is 0 Å². The number of H-pyrrole nitrogens is 1. The number of carbonyl (C=O) groups excluding carboxylic acids is 1. The standard InChI is InChI=1S/C22H28N4O2/c1-26-17-3-2-4-18(26)13-16(12-17)23-22(27)21-19-11-15(5-6-20(19)24-25-21)14-7-9-28-10-8-14/h5-7,11,16-18H,2-4,8-10,12-13H2,1H3,(H,23,27)(H,24,25). The number of ether oxygens (including phenoxy) is 1. The molecule has 3 aliphatic heterocycles.